The lowest BCUT2D eigenvalue weighted by atomic mass is 9.88. The number of benzene rings is 2. The molecule has 1 amide bonds. The molecule has 0 aromatic heterocycles. The highest BCUT2D eigenvalue weighted by Crippen LogP contribution is 2.29. The third-order valence-electron chi connectivity index (χ3n) is 4.22. The number of hydrogen-bond acceptors (Lipinski definition) is 4. The number of aryl methyl sites for hydroxylation is 1. The summed E-state index contributed by atoms with van der Waals surface area (Å²) in [5.74, 6) is -1.27. The predicted octanol–water partition coefficient (Wildman–Crippen LogP) is 2.94. The van der Waals surface area contributed by atoms with Gasteiger partial charge in [-0.25, -0.2) is 9.18 Å². The highest BCUT2D eigenvalue weighted by atomic mass is 19.1. The number of amides is 1. The first-order chi connectivity index (χ1) is 12.6. The molecule has 0 aliphatic heterocycles. The van der Waals surface area contributed by atoms with Gasteiger partial charge in [-0.05, 0) is 42.5 Å². The first-order valence-electron chi connectivity index (χ1n) is 8.53. The van der Waals surface area contributed by atoms with E-state index in [0.717, 1.165) is 24.8 Å². The van der Waals surface area contributed by atoms with Crippen molar-refractivity contribution in [2.45, 2.75) is 25.3 Å². The van der Waals surface area contributed by atoms with E-state index in [4.69, 9.17) is 9.47 Å². The van der Waals surface area contributed by atoms with Crippen molar-refractivity contribution in [1.82, 2.24) is 5.32 Å². The Morgan fingerprint density at radius 1 is 1.12 bits per heavy atom. The summed E-state index contributed by atoms with van der Waals surface area (Å²) in [6.07, 6.45) is 2.87. The quantitative estimate of drug-likeness (QED) is 0.808. The van der Waals surface area contributed by atoms with Gasteiger partial charge in [0.25, 0.3) is 5.91 Å². The number of ether oxygens (including phenoxy) is 2. The third-order valence-corrected chi connectivity index (χ3v) is 4.22. The Bertz CT molecular complexity index is 793. The summed E-state index contributed by atoms with van der Waals surface area (Å²) in [6.45, 7) is -0.757. The van der Waals surface area contributed by atoms with Gasteiger partial charge in [0.2, 0.25) is 0 Å². The predicted molar refractivity (Wildman–Crippen MR) is 93.1 cm³/mol. The summed E-state index contributed by atoms with van der Waals surface area (Å²) in [6, 6.07) is 13.4. The summed E-state index contributed by atoms with van der Waals surface area (Å²) in [7, 11) is 0. The second kappa shape index (κ2) is 8.47. The molecular weight excluding hydrogens is 337 g/mol. The highest BCUT2D eigenvalue weighted by Gasteiger charge is 2.21. The molecule has 2 aromatic rings. The minimum atomic E-state index is -0.687. The molecular formula is C20H20FNO4. The summed E-state index contributed by atoms with van der Waals surface area (Å²) in [4.78, 5) is 23.7. The van der Waals surface area contributed by atoms with Gasteiger partial charge in [0.1, 0.15) is 11.6 Å². The summed E-state index contributed by atoms with van der Waals surface area (Å²) < 4.78 is 23.1. The Kier molecular flexibility index (Phi) is 5.84. The summed E-state index contributed by atoms with van der Waals surface area (Å²) in [5, 5.41) is 2.91. The van der Waals surface area contributed by atoms with Crippen molar-refractivity contribution in [3.05, 3.63) is 65.5 Å². The molecule has 0 radical (unpaired) electrons. The van der Waals surface area contributed by atoms with Crippen molar-refractivity contribution in [3.63, 3.8) is 0 Å². The number of nitrogens with one attached hydrogen (secondary N) is 1. The smallest absolute Gasteiger partial charge is 0.344 e. The SMILES string of the molecule is O=C(COC(=O)COc1cccc(F)c1)N[C@H]1CCCc2ccccc21. The van der Waals surface area contributed by atoms with E-state index in [1.807, 2.05) is 18.2 Å². The largest absolute Gasteiger partial charge is 0.482 e. The van der Waals surface area contributed by atoms with Crippen LogP contribution in [0, 0.1) is 5.82 Å². The maximum absolute atomic E-state index is 13.0. The molecule has 136 valence electrons. The van der Waals surface area contributed by atoms with Crippen LogP contribution in [-0.2, 0) is 20.7 Å². The van der Waals surface area contributed by atoms with Crippen LogP contribution in [0.1, 0.15) is 30.0 Å². The monoisotopic (exact) mass is 357 g/mol. The Morgan fingerprint density at radius 3 is 2.81 bits per heavy atom. The average Bonchev–Trinajstić information content (AvgIpc) is 2.65. The Labute approximate surface area is 151 Å². The zero-order valence-corrected chi connectivity index (χ0v) is 14.2. The van der Waals surface area contributed by atoms with Gasteiger partial charge in [0, 0.05) is 6.07 Å². The number of carbonyl (C=O) groups is 2. The van der Waals surface area contributed by atoms with Gasteiger partial charge in [-0.3, -0.25) is 4.79 Å². The zero-order valence-electron chi connectivity index (χ0n) is 14.2. The molecule has 0 bridgehead atoms. The van der Waals surface area contributed by atoms with E-state index in [2.05, 4.69) is 11.4 Å². The van der Waals surface area contributed by atoms with Gasteiger partial charge in [-0.1, -0.05) is 30.3 Å². The second-order valence-corrected chi connectivity index (χ2v) is 6.12. The van der Waals surface area contributed by atoms with E-state index in [-0.39, 0.29) is 30.9 Å². The van der Waals surface area contributed by atoms with Crippen LogP contribution in [0.15, 0.2) is 48.5 Å². The maximum Gasteiger partial charge on any atom is 0.344 e. The molecule has 0 saturated carbocycles. The number of esters is 1. The van der Waals surface area contributed by atoms with Crippen LogP contribution in [-0.4, -0.2) is 25.1 Å². The molecule has 0 spiro atoms. The number of carbonyl (C=O) groups excluding carboxylic acids is 2. The van der Waals surface area contributed by atoms with Crippen LogP contribution < -0.4 is 10.1 Å². The van der Waals surface area contributed by atoms with E-state index < -0.39 is 11.8 Å². The minimum absolute atomic E-state index is 0.0605. The molecule has 0 heterocycles. The van der Waals surface area contributed by atoms with Crippen molar-refractivity contribution in [3.8, 4) is 5.75 Å². The number of halogens is 1. The van der Waals surface area contributed by atoms with Crippen molar-refractivity contribution < 1.29 is 23.5 Å². The lowest BCUT2D eigenvalue weighted by Crippen LogP contribution is -2.34. The van der Waals surface area contributed by atoms with Crippen molar-refractivity contribution in [2.24, 2.45) is 0 Å². The topological polar surface area (TPSA) is 64.6 Å². The van der Waals surface area contributed by atoms with Crippen molar-refractivity contribution in [2.75, 3.05) is 13.2 Å². The molecule has 0 saturated heterocycles. The molecule has 0 fully saturated rings. The molecule has 0 unspecified atom stereocenters. The van der Waals surface area contributed by atoms with E-state index in [9.17, 15) is 14.0 Å². The molecule has 3 rings (SSSR count). The standard InChI is InChI=1S/C20H20FNO4/c21-15-7-4-8-16(11-15)25-13-20(24)26-12-19(23)22-18-10-3-6-14-5-1-2-9-17(14)18/h1-2,4-5,7-9,11,18H,3,6,10,12-13H2,(H,22,23)/t18-/m0/s1. The molecule has 5 nitrogen and oxygen atoms in total. The van der Waals surface area contributed by atoms with Crippen LogP contribution in [0.4, 0.5) is 4.39 Å². The van der Waals surface area contributed by atoms with Gasteiger partial charge >= 0.3 is 5.97 Å². The van der Waals surface area contributed by atoms with Gasteiger partial charge in [-0.15, -0.1) is 0 Å². The van der Waals surface area contributed by atoms with E-state index in [1.54, 1.807) is 0 Å². The fraction of sp³-hybridized carbons (Fsp3) is 0.300. The first-order valence-corrected chi connectivity index (χ1v) is 8.53. The number of rotatable bonds is 6. The average molecular weight is 357 g/mol. The maximum atomic E-state index is 13.0. The second-order valence-electron chi connectivity index (χ2n) is 6.12. The lowest BCUT2D eigenvalue weighted by molar-refractivity contribution is -0.150. The van der Waals surface area contributed by atoms with Gasteiger partial charge < -0.3 is 14.8 Å². The molecule has 1 aliphatic rings. The fourth-order valence-electron chi connectivity index (χ4n) is 3.03. The molecule has 1 N–H and O–H groups in total. The summed E-state index contributed by atoms with van der Waals surface area (Å²) >= 11 is 0. The van der Waals surface area contributed by atoms with Crippen LogP contribution in [0.25, 0.3) is 0 Å². The molecule has 6 heteroatoms. The Hall–Kier alpha value is -2.89. The molecule has 2 aromatic carbocycles. The van der Waals surface area contributed by atoms with Gasteiger partial charge in [0.15, 0.2) is 13.2 Å². The molecule has 1 atom stereocenters. The zero-order chi connectivity index (χ0) is 18.4. The van der Waals surface area contributed by atoms with Crippen LogP contribution in [0.2, 0.25) is 0 Å². The normalized spacial score (nSPS) is 15.7. The summed E-state index contributed by atoms with van der Waals surface area (Å²) in [5.41, 5.74) is 2.36. The highest BCUT2D eigenvalue weighted by molar-refractivity contribution is 5.81. The number of fused-ring (bicyclic) bond motifs is 1. The van der Waals surface area contributed by atoms with Crippen molar-refractivity contribution >= 4 is 11.9 Å². The van der Waals surface area contributed by atoms with E-state index in [0.29, 0.717) is 0 Å². The Balaban J connectivity index is 1.43. The van der Waals surface area contributed by atoms with Crippen LogP contribution in [0.3, 0.4) is 0 Å². The third kappa shape index (κ3) is 4.81. The molecule has 1 aliphatic carbocycles. The lowest BCUT2D eigenvalue weighted by Gasteiger charge is -2.26. The minimum Gasteiger partial charge on any atom is -0.482 e. The van der Waals surface area contributed by atoms with Gasteiger partial charge in [-0.2, -0.15) is 0 Å². The number of hydrogen-bond donors (Lipinski definition) is 1. The fourth-order valence-corrected chi connectivity index (χ4v) is 3.03. The van der Waals surface area contributed by atoms with Crippen LogP contribution >= 0.6 is 0 Å². The van der Waals surface area contributed by atoms with Crippen LogP contribution in [0.5, 0.6) is 5.75 Å². The van der Waals surface area contributed by atoms with Gasteiger partial charge in [0.05, 0.1) is 6.04 Å². The van der Waals surface area contributed by atoms with Crippen molar-refractivity contribution in [1.29, 1.82) is 0 Å². The Morgan fingerprint density at radius 2 is 1.96 bits per heavy atom. The first kappa shape index (κ1) is 17.9. The van der Waals surface area contributed by atoms with E-state index in [1.165, 1.54) is 29.8 Å². The molecule has 26 heavy (non-hydrogen) atoms. The van der Waals surface area contributed by atoms with E-state index >= 15 is 0 Å².